The first kappa shape index (κ1) is 12.8. The molecule has 2 fully saturated rings. The second-order valence-corrected chi connectivity index (χ2v) is 5.08. The predicted octanol–water partition coefficient (Wildman–Crippen LogP) is 1.45. The molecule has 2 rings (SSSR count). The van der Waals surface area contributed by atoms with Crippen molar-refractivity contribution in [1.29, 1.82) is 0 Å². The van der Waals surface area contributed by atoms with Gasteiger partial charge in [-0.1, -0.05) is 6.42 Å². The average Bonchev–Trinajstić information content (AvgIpc) is 2.71. The van der Waals surface area contributed by atoms with E-state index < -0.39 is 0 Å². The quantitative estimate of drug-likeness (QED) is 0.774. The molecular weight excluding hydrogens is 212 g/mol. The third-order valence-electron chi connectivity index (χ3n) is 3.72. The Kier molecular flexibility index (Phi) is 4.01. The lowest BCUT2D eigenvalue weighted by molar-refractivity contribution is -0.126. The van der Waals surface area contributed by atoms with E-state index in [0.717, 1.165) is 32.1 Å². The van der Waals surface area contributed by atoms with Crippen LogP contribution in [0, 0.1) is 11.8 Å². The Bertz CT molecular complexity index is 241. The predicted molar refractivity (Wildman–Crippen MR) is 62.9 cm³/mol. The summed E-state index contributed by atoms with van der Waals surface area (Å²) in [5, 5.41) is 3.14. The highest BCUT2D eigenvalue weighted by Gasteiger charge is 2.41. The molecule has 0 aliphatic heterocycles. The van der Waals surface area contributed by atoms with E-state index in [-0.39, 0.29) is 29.8 Å². The summed E-state index contributed by atoms with van der Waals surface area (Å²) in [7, 11) is 0. The number of hydrogen-bond acceptors (Lipinski definition) is 2. The van der Waals surface area contributed by atoms with Gasteiger partial charge in [-0.15, -0.1) is 12.4 Å². The van der Waals surface area contributed by atoms with E-state index >= 15 is 0 Å². The van der Waals surface area contributed by atoms with E-state index in [0.29, 0.717) is 12.5 Å². The van der Waals surface area contributed by atoms with Crippen molar-refractivity contribution in [2.24, 2.45) is 17.6 Å². The van der Waals surface area contributed by atoms with Gasteiger partial charge in [0.2, 0.25) is 5.91 Å². The Hall–Kier alpha value is -0.280. The van der Waals surface area contributed by atoms with E-state index in [9.17, 15) is 4.79 Å². The third-order valence-corrected chi connectivity index (χ3v) is 3.72. The summed E-state index contributed by atoms with van der Waals surface area (Å²) in [6.07, 6.45) is 5.60. The van der Waals surface area contributed by atoms with Gasteiger partial charge in [0.05, 0.1) is 0 Å². The number of rotatable bonds is 3. The third kappa shape index (κ3) is 2.85. The molecule has 2 aliphatic rings. The molecule has 0 bridgehead atoms. The van der Waals surface area contributed by atoms with Gasteiger partial charge in [-0.05, 0) is 45.1 Å². The number of nitrogens with one attached hydrogen (secondary N) is 1. The monoisotopic (exact) mass is 232 g/mol. The maximum absolute atomic E-state index is 11.9. The molecule has 15 heavy (non-hydrogen) atoms. The first-order chi connectivity index (χ1) is 6.64. The van der Waals surface area contributed by atoms with Gasteiger partial charge in [0.25, 0.3) is 0 Å². The van der Waals surface area contributed by atoms with Gasteiger partial charge < -0.3 is 11.1 Å². The molecule has 88 valence electrons. The molecule has 2 atom stereocenters. The molecule has 4 heteroatoms. The van der Waals surface area contributed by atoms with Crippen LogP contribution in [0.1, 0.15) is 39.0 Å². The molecule has 2 aliphatic carbocycles. The van der Waals surface area contributed by atoms with Crippen LogP contribution in [-0.4, -0.2) is 18.0 Å². The van der Waals surface area contributed by atoms with Crippen molar-refractivity contribution in [1.82, 2.24) is 5.32 Å². The van der Waals surface area contributed by atoms with Gasteiger partial charge in [0, 0.05) is 11.5 Å². The van der Waals surface area contributed by atoms with E-state index in [1.165, 1.54) is 0 Å². The first-order valence-electron chi connectivity index (χ1n) is 5.67. The van der Waals surface area contributed by atoms with Crippen LogP contribution >= 0.6 is 12.4 Å². The maximum Gasteiger partial charge on any atom is 0.223 e. The molecule has 0 spiro atoms. The highest BCUT2D eigenvalue weighted by molar-refractivity contribution is 5.85. The van der Waals surface area contributed by atoms with Crippen LogP contribution < -0.4 is 11.1 Å². The highest BCUT2D eigenvalue weighted by atomic mass is 35.5. The summed E-state index contributed by atoms with van der Waals surface area (Å²) in [5.41, 5.74) is 5.79. The van der Waals surface area contributed by atoms with Crippen molar-refractivity contribution in [3.8, 4) is 0 Å². The van der Waals surface area contributed by atoms with Crippen molar-refractivity contribution >= 4 is 18.3 Å². The minimum Gasteiger partial charge on any atom is -0.351 e. The fourth-order valence-corrected chi connectivity index (χ4v) is 2.37. The van der Waals surface area contributed by atoms with E-state index in [4.69, 9.17) is 5.73 Å². The first-order valence-corrected chi connectivity index (χ1v) is 5.67. The minimum atomic E-state index is 0. The zero-order chi connectivity index (χ0) is 10.2. The number of halogens is 1. The van der Waals surface area contributed by atoms with Crippen LogP contribution in [0.25, 0.3) is 0 Å². The Balaban J connectivity index is 0.00000112. The Morgan fingerprint density at radius 2 is 2.13 bits per heavy atom. The Labute approximate surface area is 97.6 Å². The molecule has 0 aromatic rings. The maximum atomic E-state index is 11.9. The summed E-state index contributed by atoms with van der Waals surface area (Å²) in [4.78, 5) is 11.9. The van der Waals surface area contributed by atoms with Crippen LogP contribution in [0.5, 0.6) is 0 Å². The number of carbonyl (C=O) groups excluding carboxylic acids is 1. The average molecular weight is 233 g/mol. The molecule has 3 N–H and O–H groups in total. The zero-order valence-electron chi connectivity index (χ0n) is 9.29. The standard InChI is InChI=1S/C11H20N2O.ClH/c1-11(5-6-11)13-10(14)9-4-2-3-8(9)7-12;/h8-9H,2-7,12H2,1H3,(H,13,14);1H/t8-,9-;/m1./s1. The number of hydrogen-bond donors (Lipinski definition) is 2. The fraction of sp³-hybridized carbons (Fsp3) is 0.909. The minimum absolute atomic E-state index is 0. The van der Waals surface area contributed by atoms with Crippen LogP contribution in [-0.2, 0) is 4.79 Å². The fourth-order valence-electron chi connectivity index (χ4n) is 2.37. The van der Waals surface area contributed by atoms with Crippen molar-refractivity contribution < 1.29 is 4.79 Å². The van der Waals surface area contributed by atoms with Gasteiger partial charge in [-0.2, -0.15) is 0 Å². The van der Waals surface area contributed by atoms with Crippen molar-refractivity contribution in [3.05, 3.63) is 0 Å². The topological polar surface area (TPSA) is 55.1 Å². The SMILES string of the molecule is CC1(NC(=O)[C@@H]2CCC[C@@H]2CN)CC1.Cl. The molecule has 0 radical (unpaired) electrons. The summed E-state index contributed by atoms with van der Waals surface area (Å²) in [6.45, 7) is 2.78. The molecule has 0 unspecified atom stereocenters. The van der Waals surface area contributed by atoms with E-state index in [2.05, 4.69) is 12.2 Å². The van der Waals surface area contributed by atoms with Gasteiger partial charge in [0.1, 0.15) is 0 Å². The molecule has 3 nitrogen and oxygen atoms in total. The smallest absolute Gasteiger partial charge is 0.223 e. The summed E-state index contributed by atoms with van der Waals surface area (Å²) in [6, 6.07) is 0. The lowest BCUT2D eigenvalue weighted by atomic mass is 9.95. The second-order valence-electron chi connectivity index (χ2n) is 5.08. The summed E-state index contributed by atoms with van der Waals surface area (Å²) >= 11 is 0. The number of nitrogens with two attached hydrogens (primary N) is 1. The van der Waals surface area contributed by atoms with Crippen molar-refractivity contribution in [2.75, 3.05) is 6.54 Å². The molecule has 0 aromatic heterocycles. The van der Waals surface area contributed by atoms with Crippen LogP contribution in [0.4, 0.5) is 0 Å². The highest BCUT2D eigenvalue weighted by Crippen LogP contribution is 2.37. The van der Waals surface area contributed by atoms with E-state index in [1.807, 2.05) is 0 Å². The Morgan fingerprint density at radius 1 is 1.47 bits per heavy atom. The van der Waals surface area contributed by atoms with Crippen molar-refractivity contribution in [2.45, 2.75) is 44.6 Å². The lowest BCUT2D eigenvalue weighted by Crippen LogP contribution is -2.41. The largest absolute Gasteiger partial charge is 0.351 e. The number of amides is 1. The van der Waals surface area contributed by atoms with Crippen molar-refractivity contribution in [3.63, 3.8) is 0 Å². The van der Waals surface area contributed by atoms with E-state index in [1.54, 1.807) is 0 Å². The normalized spacial score (nSPS) is 31.9. The molecule has 0 aromatic carbocycles. The zero-order valence-corrected chi connectivity index (χ0v) is 10.1. The number of carbonyl (C=O) groups is 1. The lowest BCUT2D eigenvalue weighted by Gasteiger charge is -2.20. The van der Waals surface area contributed by atoms with Gasteiger partial charge in [-0.25, -0.2) is 0 Å². The van der Waals surface area contributed by atoms with Crippen LogP contribution in [0.3, 0.4) is 0 Å². The molecule has 2 saturated carbocycles. The van der Waals surface area contributed by atoms with Crippen LogP contribution in [0.15, 0.2) is 0 Å². The molecular formula is C11H21ClN2O. The molecule has 1 amide bonds. The molecule has 0 saturated heterocycles. The Morgan fingerprint density at radius 3 is 2.67 bits per heavy atom. The van der Waals surface area contributed by atoms with Gasteiger partial charge in [0.15, 0.2) is 0 Å². The van der Waals surface area contributed by atoms with Gasteiger partial charge >= 0.3 is 0 Å². The second kappa shape index (κ2) is 4.71. The summed E-state index contributed by atoms with van der Waals surface area (Å²) in [5.74, 6) is 0.868. The molecule has 0 heterocycles. The van der Waals surface area contributed by atoms with Crippen LogP contribution in [0.2, 0.25) is 0 Å². The van der Waals surface area contributed by atoms with Gasteiger partial charge in [-0.3, -0.25) is 4.79 Å². The summed E-state index contributed by atoms with van der Waals surface area (Å²) < 4.78 is 0.